The highest BCUT2D eigenvalue weighted by Crippen LogP contribution is 2.48. The second kappa shape index (κ2) is 8.19. The van der Waals surface area contributed by atoms with Crippen LogP contribution in [0, 0.1) is 5.41 Å². The molecule has 1 aromatic carbocycles. The summed E-state index contributed by atoms with van der Waals surface area (Å²) < 4.78 is 5.21. The van der Waals surface area contributed by atoms with Gasteiger partial charge in [0.2, 0.25) is 11.8 Å². The zero-order valence-corrected chi connectivity index (χ0v) is 16.7. The van der Waals surface area contributed by atoms with E-state index in [0.29, 0.717) is 25.9 Å². The first-order valence-corrected chi connectivity index (χ1v) is 9.96. The molecular weight excluding hydrogens is 342 g/mol. The van der Waals surface area contributed by atoms with E-state index in [1.807, 2.05) is 36.2 Å². The number of amides is 2. The molecule has 0 unspecified atom stereocenters. The van der Waals surface area contributed by atoms with Gasteiger partial charge in [0, 0.05) is 45.5 Å². The molecule has 0 aromatic heterocycles. The predicted octanol–water partition coefficient (Wildman–Crippen LogP) is 2.38. The number of unbranched alkanes of at least 4 members (excludes halogenated alkanes) is 1. The minimum Gasteiger partial charge on any atom is -0.497 e. The summed E-state index contributed by atoms with van der Waals surface area (Å²) in [5.41, 5.74) is 0.365. The molecule has 148 valence electrons. The lowest BCUT2D eigenvalue weighted by atomic mass is 10.0. The van der Waals surface area contributed by atoms with Crippen molar-refractivity contribution in [1.82, 2.24) is 9.80 Å². The highest BCUT2D eigenvalue weighted by molar-refractivity contribution is 6.07. The largest absolute Gasteiger partial charge is 0.497 e. The zero-order valence-electron chi connectivity index (χ0n) is 16.7. The normalized spacial score (nSPS) is 18.2. The Morgan fingerprint density at radius 2 is 1.74 bits per heavy atom. The number of hydrogen-bond acceptors (Lipinski definition) is 4. The van der Waals surface area contributed by atoms with E-state index < -0.39 is 5.41 Å². The summed E-state index contributed by atoms with van der Waals surface area (Å²) in [6.45, 7) is 5.74. The van der Waals surface area contributed by atoms with Crippen molar-refractivity contribution >= 4 is 17.5 Å². The van der Waals surface area contributed by atoms with Crippen LogP contribution < -0.4 is 9.64 Å². The standard InChI is InChI=1S/C21H31N3O3/c1-4-5-12-22(2)19(25)21(10-11-21)20(26)24-15-13-23(14-16-24)17-6-8-18(27-3)9-7-17/h6-9H,4-5,10-16H2,1-3H3. The number of methoxy groups -OCH3 is 1. The minimum atomic E-state index is -0.773. The molecule has 0 radical (unpaired) electrons. The van der Waals surface area contributed by atoms with Crippen molar-refractivity contribution in [2.75, 3.05) is 51.8 Å². The Kier molecular flexibility index (Phi) is 5.92. The van der Waals surface area contributed by atoms with Gasteiger partial charge in [-0.25, -0.2) is 0 Å². The number of rotatable bonds is 7. The van der Waals surface area contributed by atoms with Crippen molar-refractivity contribution in [2.45, 2.75) is 32.6 Å². The molecule has 6 heteroatoms. The molecule has 6 nitrogen and oxygen atoms in total. The molecule has 0 bridgehead atoms. The summed E-state index contributed by atoms with van der Waals surface area (Å²) >= 11 is 0. The van der Waals surface area contributed by atoms with E-state index in [-0.39, 0.29) is 11.8 Å². The molecule has 3 rings (SSSR count). The third-order valence-corrected chi connectivity index (χ3v) is 5.77. The van der Waals surface area contributed by atoms with Crippen LogP contribution >= 0.6 is 0 Å². The maximum absolute atomic E-state index is 13.1. The highest BCUT2D eigenvalue weighted by atomic mass is 16.5. The Morgan fingerprint density at radius 3 is 2.26 bits per heavy atom. The number of nitrogens with zero attached hydrogens (tertiary/aromatic N) is 3. The van der Waals surface area contributed by atoms with Gasteiger partial charge >= 0.3 is 0 Å². The van der Waals surface area contributed by atoms with Gasteiger partial charge in [-0.3, -0.25) is 9.59 Å². The van der Waals surface area contributed by atoms with Crippen LogP contribution in [0.2, 0.25) is 0 Å². The van der Waals surface area contributed by atoms with Crippen molar-refractivity contribution in [3.05, 3.63) is 24.3 Å². The molecule has 1 aliphatic heterocycles. The summed E-state index contributed by atoms with van der Waals surface area (Å²) in [5, 5.41) is 0. The van der Waals surface area contributed by atoms with Crippen LogP contribution in [0.4, 0.5) is 5.69 Å². The van der Waals surface area contributed by atoms with Crippen LogP contribution in [0.3, 0.4) is 0 Å². The lowest BCUT2D eigenvalue weighted by Gasteiger charge is -2.38. The van der Waals surface area contributed by atoms with Gasteiger partial charge in [0.25, 0.3) is 0 Å². The Labute approximate surface area is 162 Å². The molecule has 2 fully saturated rings. The van der Waals surface area contributed by atoms with E-state index in [0.717, 1.165) is 43.9 Å². The molecule has 2 amide bonds. The summed E-state index contributed by atoms with van der Waals surface area (Å²) in [5.74, 6) is 0.887. The molecule has 2 aliphatic rings. The van der Waals surface area contributed by atoms with Gasteiger partial charge in [-0.1, -0.05) is 13.3 Å². The maximum Gasteiger partial charge on any atom is 0.238 e. The third-order valence-electron chi connectivity index (χ3n) is 5.77. The smallest absolute Gasteiger partial charge is 0.238 e. The first-order valence-electron chi connectivity index (χ1n) is 9.96. The summed E-state index contributed by atoms with van der Waals surface area (Å²) in [6, 6.07) is 8.00. The topological polar surface area (TPSA) is 53.1 Å². The molecule has 1 aliphatic carbocycles. The number of piperazine rings is 1. The predicted molar refractivity (Wildman–Crippen MR) is 106 cm³/mol. The van der Waals surface area contributed by atoms with Gasteiger partial charge in [0.15, 0.2) is 0 Å². The lowest BCUT2D eigenvalue weighted by molar-refractivity contribution is -0.149. The van der Waals surface area contributed by atoms with E-state index in [9.17, 15) is 9.59 Å². The van der Waals surface area contributed by atoms with Gasteiger partial charge in [0.05, 0.1) is 7.11 Å². The fourth-order valence-corrected chi connectivity index (χ4v) is 3.77. The molecule has 0 spiro atoms. The monoisotopic (exact) mass is 373 g/mol. The Balaban J connectivity index is 1.57. The van der Waals surface area contributed by atoms with E-state index in [1.54, 1.807) is 12.0 Å². The van der Waals surface area contributed by atoms with Gasteiger partial charge in [0.1, 0.15) is 11.2 Å². The van der Waals surface area contributed by atoms with E-state index >= 15 is 0 Å². The highest BCUT2D eigenvalue weighted by Gasteiger charge is 2.59. The molecule has 1 heterocycles. The van der Waals surface area contributed by atoms with Crippen LogP contribution in [-0.4, -0.2) is 68.5 Å². The van der Waals surface area contributed by atoms with Crippen molar-refractivity contribution in [3.63, 3.8) is 0 Å². The SMILES string of the molecule is CCCCN(C)C(=O)C1(C(=O)N2CCN(c3ccc(OC)cc3)CC2)CC1. The summed E-state index contributed by atoms with van der Waals surface area (Å²) in [6.07, 6.45) is 3.42. The third kappa shape index (κ3) is 4.04. The van der Waals surface area contributed by atoms with Gasteiger partial charge in [-0.15, -0.1) is 0 Å². The second-order valence-electron chi connectivity index (χ2n) is 7.64. The molecule has 27 heavy (non-hydrogen) atoms. The molecule has 0 atom stereocenters. The molecule has 0 N–H and O–H groups in total. The van der Waals surface area contributed by atoms with Crippen molar-refractivity contribution in [2.24, 2.45) is 5.41 Å². The van der Waals surface area contributed by atoms with Gasteiger partial charge in [-0.2, -0.15) is 0 Å². The van der Waals surface area contributed by atoms with Crippen molar-refractivity contribution in [3.8, 4) is 5.75 Å². The van der Waals surface area contributed by atoms with Gasteiger partial charge in [-0.05, 0) is 43.5 Å². The first kappa shape index (κ1) is 19.5. The maximum atomic E-state index is 13.1. The van der Waals surface area contributed by atoms with Crippen LogP contribution in [0.5, 0.6) is 5.75 Å². The molecular formula is C21H31N3O3. The average Bonchev–Trinajstić information content (AvgIpc) is 3.53. The number of hydrogen-bond donors (Lipinski definition) is 0. The summed E-state index contributed by atoms with van der Waals surface area (Å²) in [7, 11) is 3.49. The number of benzene rings is 1. The number of ether oxygens (including phenoxy) is 1. The van der Waals surface area contributed by atoms with Crippen LogP contribution in [0.15, 0.2) is 24.3 Å². The number of carbonyl (C=O) groups excluding carboxylic acids is 2. The van der Waals surface area contributed by atoms with E-state index in [1.165, 1.54) is 0 Å². The molecule has 1 aromatic rings. The van der Waals surface area contributed by atoms with Crippen LogP contribution in [0.1, 0.15) is 32.6 Å². The minimum absolute atomic E-state index is 0.0125. The van der Waals surface area contributed by atoms with Crippen molar-refractivity contribution < 1.29 is 14.3 Å². The Bertz CT molecular complexity index is 662. The Hall–Kier alpha value is -2.24. The molecule has 1 saturated carbocycles. The fourth-order valence-electron chi connectivity index (χ4n) is 3.77. The van der Waals surface area contributed by atoms with Crippen LogP contribution in [0.25, 0.3) is 0 Å². The molecule has 1 saturated heterocycles. The average molecular weight is 373 g/mol. The van der Waals surface area contributed by atoms with Crippen molar-refractivity contribution in [1.29, 1.82) is 0 Å². The van der Waals surface area contributed by atoms with E-state index in [4.69, 9.17) is 4.74 Å². The second-order valence-corrected chi connectivity index (χ2v) is 7.64. The van der Waals surface area contributed by atoms with Gasteiger partial charge < -0.3 is 19.4 Å². The first-order chi connectivity index (χ1) is 13.0. The summed E-state index contributed by atoms with van der Waals surface area (Å²) in [4.78, 5) is 31.8. The lowest BCUT2D eigenvalue weighted by Crippen LogP contribution is -2.53. The fraction of sp³-hybridized carbons (Fsp3) is 0.619. The van der Waals surface area contributed by atoms with Crippen LogP contribution in [-0.2, 0) is 9.59 Å². The number of carbonyl (C=O) groups is 2. The van der Waals surface area contributed by atoms with E-state index in [2.05, 4.69) is 11.8 Å². The number of anilines is 1. The Morgan fingerprint density at radius 1 is 1.11 bits per heavy atom. The quantitative estimate of drug-likeness (QED) is 0.689. The zero-order chi connectivity index (χ0) is 19.4.